The van der Waals surface area contributed by atoms with Gasteiger partial charge in [-0.2, -0.15) is 0 Å². The van der Waals surface area contributed by atoms with E-state index < -0.39 is 0 Å². The van der Waals surface area contributed by atoms with Crippen LogP contribution in [0.4, 0.5) is 5.82 Å². The van der Waals surface area contributed by atoms with Crippen molar-refractivity contribution in [1.82, 2.24) is 9.97 Å². The molecular formula is C15H26BrN3. The van der Waals surface area contributed by atoms with Crippen LogP contribution in [0.15, 0.2) is 4.47 Å². The maximum atomic E-state index is 4.72. The topological polar surface area (TPSA) is 37.8 Å². The number of anilines is 1. The summed E-state index contributed by atoms with van der Waals surface area (Å²) in [5, 5.41) is 3.39. The van der Waals surface area contributed by atoms with Crippen molar-refractivity contribution < 1.29 is 0 Å². The molecule has 0 fully saturated rings. The van der Waals surface area contributed by atoms with Gasteiger partial charge < -0.3 is 5.32 Å². The van der Waals surface area contributed by atoms with Gasteiger partial charge in [-0.3, -0.25) is 0 Å². The molecule has 0 bridgehead atoms. The zero-order valence-electron chi connectivity index (χ0n) is 12.8. The molecule has 4 heteroatoms. The first-order chi connectivity index (χ1) is 8.87. The molecule has 108 valence electrons. The molecule has 0 aliphatic carbocycles. The standard InChI is InChI=1S/C15H26BrN3/c1-6-8-11-13(16)14(17-9-7-2)19-12(18-11)10-15(3,4)5/h6-10H2,1-5H3,(H,17,18,19). The molecule has 0 saturated heterocycles. The van der Waals surface area contributed by atoms with E-state index in [9.17, 15) is 0 Å². The van der Waals surface area contributed by atoms with Crippen LogP contribution in [0, 0.1) is 5.41 Å². The summed E-state index contributed by atoms with van der Waals surface area (Å²) in [4.78, 5) is 9.39. The largest absolute Gasteiger partial charge is 0.369 e. The molecule has 19 heavy (non-hydrogen) atoms. The van der Waals surface area contributed by atoms with Crippen LogP contribution in [0.2, 0.25) is 0 Å². The maximum absolute atomic E-state index is 4.72. The number of nitrogens with zero attached hydrogens (tertiary/aromatic N) is 2. The van der Waals surface area contributed by atoms with Crippen molar-refractivity contribution in [3.63, 3.8) is 0 Å². The van der Waals surface area contributed by atoms with Crippen LogP contribution in [-0.2, 0) is 12.8 Å². The van der Waals surface area contributed by atoms with E-state index in [0.717, 1.165) is 54.0 Å². The first-order valence-electron chi connectivity index (χ1n) is 7.16. The fraction of sp³-hybridized carbons (Fsp3) is 0.733. The fourth-order valence-electron chi connectivity index (χ4n) is 1.86. The molecule has 1 aromatic heterocycles. The minimum Gasteiger partial charge on any atom is -0.369 e. The Hall–Kier alpha value is -0.640. The second-order valence-electron chi connectivity index (χ2n) is 6.16. The summed E-state index contributed by atoms with van der Waals surface area (Å²) in [6, 6.07) is 0. The van der Waals surface area contributed by atoms with Crippen molar-refractivity contribution in [2.24, 2.45) is 5.41 Å². The van der Waals surface area contributed by atoms with Crippen LogP contribution in [-0.4, -0.2) is 16.5 Å². The highest BCUT2D eigenvalue weighted by Crippen LogP contribution is 2.27. The van der Waals surface area contributed by atoms with E-state index in [2.05, 4.69) is 60.8 Å². The van der Waals surface area contributed by atoms with E-state index >= 15 is 0 Å². The number of aryl methyl sites for hydroxylation is 1. The molecule has 0 unspecified atom stereocenters. The van der Waals surface area contributed by atoms with Gasteiger partial charge in [0, 0.05) is 13.0 Å². The summed E-state index contributed by atoms with van der Waals surface area (Å²) in [7, 11) is 0. The monoisotopic (exact) mass is 327 g/mol. The first-order valence-corrected chi connectivity index (χ1v) is 7.95. The lowest BCUT2D eigenvalue weighted by Gasteiger charge is -2.19. The van der Waals surface area contributed by atoms with E-state index in [1.54, 1.807) is 0 Å². The summed E-state index contributed by atoms with van der Waals surface area (Å²) in [5.41, 5.74) is 1.33. The molecule has 0 atom stereocenters. The third-order valence-electron chi connectivity index (χ3n) is 2.68. The molecule has 0 spiro atoms. The van der Waals surface area contributed by atoms with Gasteiger partial charge in [-0.1, -0.05) is 41.0 Å². The minimum atomic E-state index is 0.208. The lowest BCUT2D eigenvalue weighted by molar-refractivity contribution is 0.400. The molecule has 0 aliphatic heterocycles. The van der Waals surface area contributed by atoms with Gasteiger partial charge in [0.2, 0.25) is 0 Å². The zero-order chi connectivity index (χ0) is 14.5. The van der Waals surface area contributed by atoms with Gasteiger partial charge in [-0.05, 0) is 34.2 Å². The van der Waals surface area contributed by atoms with Crippen molar-refractivity contribution in [2.45, 2.75) is 60.3 Å². The number of rotatable bonds is 6. The summed E-state index contributed by atoms with van der Waals surface area (Å²) in [6.07, 6.45) is 4.07. The Morgan fingerprint density at radius 2 is 1.79 bits per heavy atom. The van der Waals surface area contributed by atoms with Gasteiger partial charge in [0.15, 0.2) is 0 Å². The molecule has 1 N–H and O–H groups in total. The normalized spacial score (nSPS) is 11.7. The molecule has 0 amide bonds. The van der Waals surface area contributed by atoms with Crippen molar-refractivity contribution in [1.29, 1.82) is 0 Å². The molecule has 3 nitrogen and oxygen atoms in total. The van der Waals surface area contributed by atoms with Gasteiger partial charge in [0.25, 0.3) is 0 Å². The average Bonchev–Trinajstić information content (AvgIpc) is 2.29. The first kappa shape index (κ1) is 16.4. The lowest BCUT2D eigenvalue weighted by atomic mass is 9.92. The van der Waals surface area contributed by atoms with Crippen LogP contribution in [0.5, 0.6) is 0 Å². The van der Waals surface area contributed by atoms with Gasteiger partial charge in [-0.25, -0.2) is 9.97 Å². The average molecular weight is 328 g/mol. The van der Waals surface area contributed by atoms with Gasteiger partial charge in [0.1, 0.15) is 11.6 Å². The SMILES string of the molecule is CCCNc1nc(CC(C)(C)C)nc(CCC)c1Br. The second-order valence-corrected chi connectivity index (χ2v) is 6.96. The van der Waals surface area contributed by atoms with Crippen molar-refractivity contribution >= 4 is 21.7 Å². The predicted molar refractivity (Wildman–Crippen MR) is 85.7 cm³/mol. The third-order valence-corrected chi connectivity index (χ3v) is 3.52. The van der Waals surface area contributed by atoms with Crippen LogP contribution in [0.1, 0.15) is 59.0 Å². The van der Waals surface area contributed by atoms with Crippen LogP contribution in [0.3, 0.4) is 0 Å². The highest BCUT2D eigenvalue weighted by atomic mass is 79.9. The summed E-state index contributed by atoms with van der Waals surface area (Å²) in [6.45, 7) is 11.9. The van der Waals surface area contributed by atoms with E-state index in [1.807, 2.05) is 0 Å². The molecule has 1 rings (SSSR count). The molecule has 1 heterocycles. The maximum Gasteiger partial charge on any atom is 0.144 e. The Balaban J connectivity index is 3.07. The number of nitrogens with one attached hydrogen (secondary N) is 1. The smallest absolute Gasteiger partial charge is 0.144 e. The molecule has 0 radical (unpaired) electrons. The molecule has 0 saturated carbocycles. The molecule has 0 aliphatic rings. The van der Waals surface area contributed by atoms with Crippen molar-refractivity contribution in [2.75, 3.05) is 11.9 Å². The zero-order valence-corrected chi connectivity index (χ0v) is 14.4. The number of hydrogen-bond donors (Lipinski definition) is 1. The predicted octanol–water partition coefficient (Wildman–Crippen LogP) is 4.60. The second kappa shape index (κ2) is 7.22. The highest BCUT2D eigenvalue weighted by Gasteiger charge is 2.17. The van der Waals surface area contributed by atoms with Gasteiger partial charge in [0.05, 0.1) is 10.2 Å². The van der Waals surface area contributed by atoms with Crippen LogP contribution < -0.4 is 5.32 Å². The van der Waals surface area contributed by atoms with Crippen LogP contribution >= 0.6 is 15.9 Å². The number of halogens is 1. The molecular weight excluding hydrogens is 302 g/mol. The van der Waals surface area contributed by atoms with E-state index in [-0.39, 0.29) is 5.41 Å². The van der Waals surface area contributed by atoms with Gasteiger partial charge >= 0.3 is 0 Å². The Labute approximate surface area is 125 Å². The molecule has 1 aromatic rings. The van der Waals surface area contributed by atoms with Crippen LogP contribution in [0.25, 0.3) is 0 Å². The quantitative estimate of drug-likeness (QED) is 0.829. The van der Waals surface area contributed by atoms with E-state index in [1.165, 1.54) is 0 Å². The minimum absolute atomic E-state index is 0.208. The summed E-state index contributed by atoms with van der Waals surface area (Å²) < 4.78 is 1.03. The summed E-state index contributed by atoms with van der Waals surface area (Å²) in [5.74, 6) is 1.89. The van der Waals surface area contributed by atoms with Crippen molar-refractivity contribution in [3.05, 3.63) is 16.0 Å². The Morgan fingerprint density at radius 3 is 2.32 bits per heavy atom. The van der Waals surface area contributed by atoms with E-state index in [4.69, 9.17) is 4.98 Å². The Bertz CT molecular complexity index is 411. The number of aromatic nitrogens is 2. The fourth-order valence-corrected chi connectivity index (χ4v) is 2.38. The van der Waals surface area contributed by atoms with E-state index in [0.29, 0.717) is 0 Å². The van der Waals surface area contributed by atoms with Crippen molar-refractivity contribution in [3.8, 4) is 0 Å². The summed E-state index contributed by atoms with van der Waals surface area (Å²) >= 11 is 3.64. The Morgan fingerprint density at radius 1 is 1.11 bits per heavy atom. The third kappa shape index (κ3) is 5.47. The van der Waals surface area contributed by atoms with Gasteiger partial charge in [-0.15, -0.1) is 0 Å². The number of hydrogen-bond acceptors (Lipinski definition) is 3. The highest BCUT2D eigenvalue weighted by molar-refractivity contribution is 9.10. The lowest BCUT2D eigenvalue weighted by Crippen LogP contribution is -2.15. The molecule has 0 aromatic carbocycles. The Kier molecular flexibility index (Phi) is 6.24.